The van der Waals surface area contributed by atoms with Crippen LogP contribution in [0, 0.1) is 6.07 Å². The molecular weight excluding hydrogens is 288 g/mol. The molecule has 0 fully saturated rings. The number of fused-ring (bicyclic) bond motifs is 1. The van der Waals surface area contributed by atoms with Gasteiger partial charge in [0.25, 0.3) is 0 Å². The summed E-state index contributed by atoms with van der Waals surface area (Å²) < 4.78 is 0. The molecule has 0 saturated carbocycles. The highest BCUT2D eigenvalue weighted by molar-refractivity contribution is 5.87. The second kappa shape index (κ2) is 8.68. The van der Waals surface area contributed by atoms with Crippen LogP contribution in [-0.4, -0.2) is 0 Å². The van der Waals surface area contributed by atoms with Gasteiger partial charge in [0, 0.05) is 0 Å². The molecule has 0 aromatic heterocycles. The van der Waals surface area contributed by atoms with Crippen molar-refractivity contribution in [2.45, 2.75) is 51.9 Å². The summed E-state index contributed by atoms with van der Waals surface area (Å²) >= 11 is 0. The Morgan fingerprint density at radius 3 is 2.38 bits per heavy atom. The number of hydrogen-bond acceptors (Lipinski definition) is 0. The highest BCUT2D eigenvalue weighted by atomic mass is 14.1. The van der Waals surface area contributed by atoms with Crippen LogP contribution >= 0.6 is 0 Å². The van der Waals surface area contributed by atoms with E-state index in [1.165, 1.54) is 72.4 Å². The van der Waals surface area contributed by atoms with Gasteiger partial charge in [-0.2, -0.15) is 0 Å². The molecule has 0 nitrogen and oxygen atoms in total. The summed E-state index contributed by atoms with van der Waals surface area (Å²) in [6, 6.07) is 25.3. The topological polar surface area (TPSA) is 0 Å². The molecule has 0 amide bonds. The van der Waals surface area contributed by atoms with Crippen LogP contribution in [0.1, 0.15) is 51.0 Å². The molecule has 0 spiro atoms. The minimum absolute atomic E-state index is 1.17. The molecule has 3 aromatic carbocycles. The Morgan fingerprint density at radius 1 is 0.708 bits per heavy atom. The van der Waals surface area contributed by atoms with Crippen molar-refractivity contribution in [1.82, 2.24) is 0 Å². The van der Waals surface area contributed by atoms with Gasteiger partial charge in [0.2, 0.25) is 0 Å². The predicted molar refractivity (Wildman–Crippen MR) is 105 cm³/mol. The van der Waals surface area contributed by atoms with E-state index in [0.29, 0.717) is 0 Å². The molecule has 0 bridgehead atoms. The first kappa shape index (κ1) is 16.8. The van der Waals surface area contributed by atoms with Gasteiger partial charge < -0.3 is 0 Å². The lowest BCUT2D eigenvalue weighted by atomic mass is 9.94. The van der Waals surface area contributed by atoms with Gasteiger partial charge in [-0.05, 0) is 46.4 Å². The third-order valence-electron chi connectivity index (χ3n) is 4.77. The Bertz CT molecular complexity index is 770. The molecule has 0 aliphatic rings. The molecule has 0 heterocycles. The zero-order valence-corrected chi connectivity index (χ0v) is 14.7. The standard InChI is InChI=1S/C24H27/c1-2-3-4-5-6-7-13-21-14-10-11-16-24(21)23-18-17-20-12-8-9-15-22(20)19-23/h8-12,14-18H,2-7,13H2,1H3. The van der Waals surface area contributed by atoms with Crippen molar-refractivity contribution in [3.8, 4) is 11.1 Å². The van der Waals surface area contributed by atoms with Crippen LogP contribution < -0.4 is 0 Å². The first-order valence-corrected chi connectivity index (χ1v) is 9.38. The van der Waals surface area contributed by atoms with Gasteiger partial charge in [-0.15, -0.1) is 0 Å². The van der Waals surface area contributed by atoms with Crippen LogP contribution in [0.4, 0.5) is 0 Å². The van der Waals surface area contributed by atoms with E-state index in [4.69, 9.17) is 0 Å². The molecule has 0 atom stereocenters. The fourth-order valence-corrected chi connectivity index (χ4v) is 3.37. The molecule has 0 aliphatic carbocycles. The van der Waals surface area contributed by atoms with E-state index in [-0.39, 0.29) is 0 Å². The normalized spacial score (nSPS) is 11.0. The molecule has 123 valence electrons. The van der Waals surface area contributed by atoms with Crippen LogP contribution in [-0.2, 0) is 6.42 Å². The summed E-state index contributed by atoms with van der Waals surface area (Å²) in [7, 11) is 0. The van der Waals surface area contributed by atoms with Crippen molar-refractivity contribution >= 4 is 10.8 Å². The zero-order valence-electron chi connectivity index (χ0n) is 14.7. The van der Waals surface area contributed by atoms with E-state index in [1.807, 2.05) is 0 Å². The molecule has 1 radical (unpaired) electrons. The molecule has 0 unspecified atom stereocenters. The van der Waals surface area contributed by atoms with Crippen LogP contribution in [0.2, 0.25) is 0 Å². The smallest absolute Gasteiger partial charge is 0.00142 e. The maximum absolute atomic E-state index is 3.60. The molecule has 0 saturated heterocycles. The van der Waals surface area contributed by atoms with Crippen molar-refractivity contribution in [2.24, 2.45) is 0 Å². The molecule has 0 aliphatic heterocycles. The van der Waals surface area contributed by atoms with E-state index in [1.54, 1.807) is 0 Å². The highest BCUT2D eigenvalue weighted by Crippen LogP contribution is 2.27. The molecule has 0 N–H and O–H groups in total. The predicted octanol–water partition coefficient (Wildman–Crippen LogP) is 7.21. The van der Waals surface area contributed by atoms with Gasteiger partial charge in [0.15, 0.2) is 0 Å². The minimum atomic E-state index is 1.17. The van der Waals surface area contributed by atoms with E-state index in [9.17, 15) is 0 Å². The van der Waals surface area contributed by atoms with Crippen molar-refractivity contribution in [3.63, 3.8) is 0 Å². The SMILES string of the molecule is CCCCCCCCc1ccccc1-c1[c]c2ccccc2cc1. The number of benzene rings is 3. The maximum Gasteiger partial charge on any atom is -0.00142 e. The van der Waals surface area contributed by atoms with Gasteiger partial charge in [-0.25, -0.2) is 0 Å². The Morgan fingerprint density at radius 2 is 1.46 bits per heavy atom. The first-order chi connectivity index (χ1) is 11.9. The first-order valence-electron chi connectivity index (χ1n) is 9.38. The number of unbranched alkanes of at least 4 members (excludes halogenated alkanes) is 5. The Hall–Kier alpha value is -2.08. The van der Waals surface area contributed by atoms with E-state index < -0.39 is 0 Å². The zero-order chi connectivity index (χ0) is 16.6. The third kappa shape index (κ3) is 4.26. The average Bonchev–Trinajstić information content (AvgIpc) is 2.64. The summed E-state index contributed by atoms with van der Waals surface area (Å²) in [6.07, 6.45) is 9.25. The van der Waals surface area contributed by atoms with E-state index in [2.05, 4.69) is 73.7 Å². The highest BCUT2D eigenvalue weighted by Gasteiger charge is 2.06. The van der Waals surface area contributed by atoms with Crippen LogP contribution in [0.15, 0.2) is 60.7 Å². The van der Waals surface area contributed by atoms with Gasteiger partial charge in [-0.3, -0.25) is 0 Å². The summed E-state index contributed by atoms with van der Waals surface area (Å²) in [4.78, 5) is 0. The molecule has 24 heavy (non-hydrogen) atoms. The molecule has 0 heteroatoms. The van der Waals surface area contributed by atoms with Crippen molar-refractivity contribution in [2.75, 3.05) is 0 Å². The second-order valence-corrected chi connectivity index (χ2v) is 6.63. The van der Waals surface area contributed by atoms with Gasteiger partial charge in [0.1, 0.15) is 0 Å². The van der Waals surface area contributed by atoms with Crippen molar-refractivity contribution in [1.29, 1.82) is 0 Å². The monoisotopic (exact) mass is 315 g/mol. The number of aryl methyl sites for hydroxylation is 1. The van der Waals surface area contributed by atoms with E-state index >= 15 is 0 Å². The Balaban J connectivity index is 1.73. The number of hydrogen-bond donors (Lipinski definition) is 0. The third-order valence-corrected chi connectivity index (χ3v) is 4.77. The molecular formula is C24H27. The van der Waals surface area contributed by atoms with Crippen LogP contribution in [0.25, 0.3) is 21.9 Å². The average molecular weight is 315 g/mol. The van der Waals surface area contributed by atoms with Crippen LogP contribution in [0.5, 0.6) is 0 Å². The fourth-order valence-electron chi connectivity index (χ4n) is 3.37. The lowest BCUT2D eigenvalue weighted by molar-refractivity contribution is 0.608. The molecule has 3 rings (SSSR count). The van der Waals surface area contributed by atoms with Gasteiger partial charge in [0.05, 0.1) is 0 Å². The lowest BCUT2D eigenvalue weighted by Gasteiger charge is -2.10. The Kier molecular flexibility index (Phi) is 6.07. The minimum Gasteiger partial charge on any atom is -0.0654 e. The quantitative estimate of drug-likeness (QED) is 0.385. The second-order valence-electron chi connectivity index (χ2n) is 6.63. The number of rotatable bonds is 8. The van der Waals surface area contributed by atoms with Gasteiger partial charge >= 0.3 is 0 Å². The van der Waals surface area contributed by atoms with E-state index in [0.717, 1.165) is 0 Å². The van der Waals surface area contributed by atoms with Crippen LogP contribution in [0.3, 0.4) is 0 Å². The molecule has 3 aromatic rings. The van der Waals surface area contributed by atoms with Crippen molar-refractivity contribution < 1.29 is 0 Å². The summed E-state index contributed by atoms with van der Waals surface area (Å²) in [5, 5.41) is 2.46. The summed E-state index contributed by atoms with van der Waals surface area (Å²) in [6.45, 7) is 2.27. The Labute approximate surface area is 146 Å². The largest absolute Gasteiger partial charge is 0.0654 e. The maximum atomic E-state index is 3.60. The van der Waals surface area contributed by atoms with Gasteiger partial charge in [-0.1, -0.05) is 99.7 Å². The summed E-state index contributed by atoms with van der Waals surface area (Å²) in [5.41, 5.74) is 4.02. The van der Waals surface area contributed by atoms with Crippen molar-refractivity contribution in [3.05, 3.63) is 72.3 Å². The summed E-state index contributed by atoms with van der Waals surface area (Å²) in [5.74, 6) is 0. The fraction of sp³-hybridized carbons (Fsp3) is 0.333. The lowest BCUT2D eigenvalue weighted by Crippen LogP contribution is -1.91.